The van der Waals surface area contributed by atoms with Crippen LogP contribution < -0.4 is 5.32 Å². The molecule has 3 aromatic heterocycles. The van der Waals surface area contributed by atoms with Crippen LogP contribution in [0.3, 0.4) is 0 Å². The van der Waals surface area contributed by atoms with Crippen molar-refractivity contribution >= 4 is 45.3 Å². The van der Waals surface area contributed by atoms with Gasteiger partial charge in [-0.2, -0.15) is 14.9 Å². The van der Waals surface area contributed by atoms with Crippen LogP contribution in [-0.4, -0.2) is 35.4 Å². The fourth-order valence-electron chi connectivity index (χ4n) is 3.35. The SMILES string of the molecule is Cc1cc(NC(=O)c2ccccc2I)n(-c2ncnc3c2cnn3-c2ccc(F)cc2)n1. The van der Waals surface area contributed by atoms with E-state index in [1.165, 1.54) is 18.5 Å². The molecule has 0 saturated carbocycles. The number of carbonyl (C=O) groups is 1. The predicted octanol–water partition coefficient (Wildman–Crippen LogP) is 4.31. The maximum Gasteiger partial charge on any atom is 0.257 e. The standard InChI is InChI=1S/C22H15FIN7O/c1-13-10-19(28-22(32)16-4-2-3-5-18(16)24)31(29-13)21-17-11-27-30(20(17)25-12-26-21)15-8-6-14(23)7-9-15/h2-12H,1H3,(H,28,32). The first-order chi connectivity index (χ1) is 15.5. The third-order valence-electron chi connectivity index (χ3n) is 4.81. The number of aryl methyl sites for hydroxylation is 1. The van der Waals surface area contributed by atoms with Gasteiger partial charge in [0.15, 0.2) is 11.5 Å². The van der Waals surface area contributed by atoms with E-state index in [1.54, 1.807) is 39.8 Å². The maximum atomic E-state index is 13.3. The van der Waals surface area contributed by atoms with Crippen LogP contribution in [0.5, 0.6) is 0 Å². The summed E-state index contributed by atoms with van der Waals surface area (Å²) in [6, 6.07) is 15.1. The zero-order valence-electron chi connectivity index (χ0n) is 16.7. The fraction of sp³-hybridized carbons (Fsp3) is 0.0455. The lowest BCUT2D eigenvalue weighted by Crippen LogP contribution is -2.16. The minimum absolute atomic E-state index is 0.247. The molecule has 2 aromatic carbocycles. The highest BCUT2D eigenvalue weighted by atomic mass is 127. The van der Waals surface area contributed by atoms with Gasteiger partial charge in [0.25, 0.3) is 5.91 Å². The normalized spacial score (nSPS) is 11.1. The van der Waals surface area contributed by atoms with Gasteiger partial charge in [-0.3, -0.25) is 4.79 Å². The molecule has 32 heavy (non-hydrogen) atoms. The largest absolute Gasteiger partial charge is 0.306 e. The van der Waals surface area contributed by atoms with Crippen LogP contribution in [0.2, 0.25) is 0 Å². The molecule has 1 N–H and O–H groups in total. The Morgan fingerprint density at radius 2 is 1.84 bits per heavy atom. The molecule has 8 nitrogen and oxygen atoms in total. The number of hydrogen-bond donors (Lipinski definition) is 1. The van der Waals surface area contributed by atoms with Crippen molar-refractivity contribution in [3.63, 3.8) is 0 Å². The van der Waals surface area contributed by atoms with Crippen molar-refractivity contribution in [3.8, 4) is 11.5 Å². The maximum absolute atomic E-state index is 13.3. The number of amides is 1. The van der Waals surface area contributed by atoms with Crippen molar-refractivity contribution in [3.05, 3.63) is 87.8 Å². The Morgan fingerprint density at radius 3 is 2.62 bits per heavy atom. The van der Waals surface area contributed by atoms with Gasteiger partial charge in [-0.05, 0) is 65.9 Å². The first kappa shape index (κ1) is 20.2. The summed E-state index contributed by atoms with van der Waals surface area (Å²) in [5, 5.41) is 12.5. The Balaban J connectivity index is 1.57. The zero-order chi connectivity index (χ0) is 22.2. The Labute approximate surface area is 195 Å². The molecule has 0 spiro atoms. The Hall–Kier alpha value is -3.67. The first-order valence-corrected chi connectivity index (χ1v) is 10.7. The number of halogens is 2. The van der Waals surface area contributed by atoms with E-state index in [0.29, 0.717) is 39.6 Å². The van der Waals surface area contributed by atoms with Gasteiger partial charge in [0.2, 0.25) is 0 Å². The number of carbonyl (C=O) groups excluding carboxylic acids is 1. The van der Waals surface area contributed by atoms with Gasteiger partial charge in [-0.15, -0.1) is 0 Å². The van der Waals surface area contributed by atoms with Crippen LogP contribution in [-0.2, 0) is 0 Å². The highest BCUT2D eigenvalue weighted by Crippen LogP contribution is 2.25. The topological polar surface area (TPSA) is 90.5 Å². The average molecular weight is 539 g/mol. The lowest BCUT2D eigenvalue weighted by Gasteiger charge is -2.10. The summed E-state index contributed by atoms with van der Waals surface area (Å²) in [6.45, 7) is 1.83. The average Bonchev–Trinajstić information content (AvgIpc) is 3.38. The molecule has 0 aliphatic heterocycles. The summed E-state index contributed by atoms with van der Waals surface area (Å²) < 4.78 is 17.3. The van der Waals surface area contributed by atoms with Gasteiger partial charge >= 0.3 is 0 Å². The van der Waals surface area contributed by atoms with Crippen molar-refractivity contribution in [1.29, 1.82) is 0 Å². The molecule has 0 atom stereocenters. The van der Waals surface area contributed by atoms with Crippen LogP contribution in [0, 0.1) is 16.3 Å². The third-order valence-corrected chi connectivity index (χ3v) is 5.75. The van der Waals surface area contributed by atoms with E-state index in [1.807, 2.05) is 25.1 Å². The van der Waals surface area contributed by atoms with Crippen molar-refractivity contribution < 1.29 is 9.18 Å². The summed E-state index contributed by atoms with van der Waals surface area (Å²) in [5.41, 5.74) is 2.47. The predicted molar refractivity (Wildman–Crippen MR) is 126 cm³/mol. The van der Waals surface area contributed by atoms with Crippen LogP contribution in [0.15, 0.2) is 67.1 Å². The Kier molecular flexibility index (Phi) is 5.13. The highest BCUT2D eigenvalue weighted by Gasteiger charge is 2.19. The number of nitrogens with zero attached hydrogens (tertiary/aromatic N) is 6. The molecular weight excluding hydrogens is 524 g/mol. The molecule has 0 unspecified atom stereocenters. The molecule has 5 aromatic rings. The monoisotopic (exact) mass is 539 g/mol. The molecule has 158 valence electrons. The minimum Gasteiger partial charge on any atom is -0.306 e. The number of hydrogen-bond acceptors (Lipinski definition) is 5. The van der Waals surface area contributed by atoms with Crippen LogP contribution in [0.25, 0.3) is 22.5 Å². The first-order valence-electron chi connectivity index (χ1n) is 9.59. The number of anilines is 1. The molecule has 0 aliphatic rings. The summed E-state index contributed by atoms with van der Waals surface area (Å²) in [4.78, 5) is 21.6. The molecule has 0 saturated heterocycles. The Morgan fingerprint density at radius 1 is 1.06 bits per heavy atom. The molecule has 0 aliphatic carbocycles. The van der Waals surface area contributed by atoms with Gasteiger partial charge < -0.3 is 5.32 Å². The van der Waals surface area contributed by atoms with Gasteiger partial charge in [-0.25, -0.2) is 19.0 Å². The van der Waals surface area contributed by atoms with Crippen molar-refractivity contribution in [2.45, 2.75) is 6.92 Å². The van der Waals surface area contributed by atoms with E-state index >= 15 is 0 Å². The summed E-state index contributed by atoms with van der Waals surface area (Å²) in [5.74, 6) is 0.362. The second-order valence-electron chi connectivity index (χ2n) is 6.98. The molecule has 0 radical (unpaired) electrons. The third kappa shape index (κ3) is 3.62. The summed E-state index contributed by atoms with van der Waals surface area (Å²) in [7, 11) is 0. The second kappa shape index (κ2) is 8.11. The molecule has 10 heteroatoms. The van der Waals surface area contributed by atoms with E-state index in [4.69, 9.17) is 0 Å². The van der Waals surface area contributed by atoms with Gasteiger partial charge in [0.05, 0.1) is 28.5 Å². The molecule has 3 heterocycles. The van der Waals surface area contributed by atoms with E-state index in [9.17, 15) is 9.18 Å². The van der Waals surface area contributed by atoms with Crippen molar-refractivity contribution in [2.75, 3.05) is 5.32 Å². The number of fused-ring (bicyclic) bond motifs is 1. The van der Waals surface area contributed by atoms with Crippen molar-refractivity contribution in [2.24, 2.45) is 0 Å². The number of rotatable bonds is 4. The van der Waals surface area contributed by atoms with Crippen LogP contribution in [0.1, 0.15) is 16.1 Å². The molecule has 0 fully saturated rings. The van der Waals surface area contributed by atoms with Gasteiger partial charge in [0, 0.05) is 9.64 Å². The van der Waals surface area contributed by atoms with Gasteiger partial charge in [0.1, 0.15) is 18.0 Å². The fourth-order valence-corrected chi connectivity index (χ4v) is 3.98. The summed E-state index contributed by atoms with van der Waals surface area (Å²) >= 11 is 2.13. The lowest BCUT2D eigenvalue weighted by molar-refractivity contribution is 0.102. The second-order valence-corrected chi connectivity index (χ2v) is 8.15. The molecule has 5 rings (SSSR count). The Bertz CT molecular complexity index is 1460. The van der Waals surface area contributed by atoms with E-state index in [0.717, 1.165) is 3.57 Å². The van der Waals surface area contributed by atoms with Crippen molar-refractivity contribution in [1.82, 2.24) is 29.5 Å². The number of benzene rings is 2. The van der Waals surface area contributed by atoms with Crippen LogP contribution in [0.4, 0.5) is 10.2 Å². The van der Waals surface area contributed by atoms with Crippen LogP contribution >= 0.6 is 22.6 Å². The quantitative estimate of drug-likeness (QED) is 0.344. The van der Waals surface area contributed by atoms with E-state index in [-0.39, 0.29) is 11.7 Å². The molecule has 1 amide bonds. The molecule has 0 bridgehead atoms. The zero-order valence-corrected chi connectivity index (χ0v) is 18.9. The number of nitrogens with one attached hydrogen (secondary N) is 1. The number of aromatic nitrogens is 6. The van der Waals surface area contributed by atoms with Gasteiger partial charge in [-0.1, -0.05) is 12.1 Å². The smallest absolute Gasteiger partial charge is 0.257 e. The van der Waals surface area contributed by atoms with E-state index < -0.39 is 0 Å². The highest BCUT2D eigenvalue weighted by molar-refractivity contribution is 14.1. The van der Waals surface area contributed by atoms with E-state index in [2.05, 4.69) is 48.1 Å². The lowest BCUT2D eigenvalue weighted by atomic mass is 10.2. The summed E-state index contributed by atoms with van der Waals surface area (Å²) in [6.07, 6.45) is 3.03. The minimum atomic E-state index is -0.332. The molecular formula is C22H15FIN7O.